The predicted octanol–water partition coefficient (Wildman–Crippen LogP) is 5.52. The average molecular weight is 463 g/mol. The maximum absolute atomic E-state index is 14.8. The van der Waals surface area contributed by atoms with E-state index in [-0.39, 0.29) is 11.3 Å². The Kier molecular flexibility index (Phi) is 5.96. The second-order valence-corrected chi connectivity index (χ2v) is 8.32. The van der Waals surface area contributed by atoms with Crippen molar-refractivity contribution >= 4 is 23.1 Å². The van der Waals surface area contributed by atoms with Crippen molar-refractivity contribution in [1.29, 1.82) is 0 Å². The highest BCUT2D eigenvalue weighted by atomic mass is 19.1. The molecule has 0 bridgehead atoms. The van der Waals surface area contributed by atoms with Crippen LogP contribution >= 0.6 is 0 Å². The van der Waals surface area contributed by atoms with Gasteiger partial charge < -0.3 is 9.84 Å². The lowest BCUT2D eigenvalue weighted by Gasteiger charge is -2.26. The van der Waals surface area contributed by atoms with Crippen molar-refractivity contribution in [2.75, 3.05) is 12.0 Å². The van der Waals surface area contributed by atoms with Crippen LogP contribution in [0.5, 0.6) is 5.75 Å². The Morgan fingerprint density at radius 2 is 1.71 bits per heavy atom. The Morgan fingerprint density at radius 3 is 2.38 bits per heavy atom. The molecule has 0 aromatic heterocycles. The van der Waals surface area contributed by atoms with Crippen LogP contribution in [0, 0.1) is 32.4 Å². The zero-order valence-corrected chi connectivity index (χ0v) is 19.1. The van der Waals surface area contributed by atoms with Gasteiger partial charge in [0.05, 0.1) is 24.4 Å². The number of hydrogen-bond acceptors (Lipinski definition) is 4. The Labute approximate surface area is 195 Å². The molecule has 1 fully saturated rings. The van der Waals surface area contributed by atoms with E-state index in [2.05, 4.69) is 0 Å². The summed E-state index contributed by atoms with van der Waals surface area (Å²) in [6, 6.07) is 11.9. The molecular weight excluding hydrogens is 440 g/mol. The second-order valence-electron chi connectivity index (χ2n) is 8.32. The van der Waals surface area contributed by atoms with Crippen LogP contribution in [0.2, 0.25) is 0 Å². The summed E-state index contributed by atoms with van der Waals surface area (Å²) in [7, 11) is 1.53. The smallest absolute Gasteiger partial charge is 0.300 e. The number of carbonyl (C=O) groups is 2. The molecule has 1 heterocycles. The largest absolute Gasteiger partial charge is 0.507 e. The number of aryl methyl sites for hydroxylation is 3. The van der Waals surface area contributed by atoms with E-state index >= 15 is 0 Å². The molecule has 5 nitrogen and oxygen atoms in total. The summed E-state index contributed by atoms with van der Waals surface area (Å²) in [5, 5.41) is 11.3. The average Bonchev–Trinajstić information content (AvgIpc) is 3.06. The molecule has 3 aromatic rings. The van der Waals surface area contributed by atoms with Gasteiger partial charge in [0.2, 0.25) is 0 Å². The number of rotatable bonds is 4. The molecule has 1 unspecified atom stereocenters. The number of anilines is 1. The number of benzene rings is 3. The number of Topliss-reactive ketones (excluding diaryl/α,β-unsaturated/α-hetero) is 1. The Bertz CT molecular complexity index is 1360. The lowest BCUT2D eigenvalue weighted by atomic mass is 9.92. The van der Waals surface area contributed by atoms with Crippen LogP contribution in [-0.2, 0) is 9.59 Å². The zero-order valence-electron chi connectivity index (χ0n) is 19.1. The highest BCUT2D eigenvalue weighted by Gasteiger charge is 2.48. The first kappa shape index (κ1) is 23.2. The summed E-state index contributed by atoms with van der Waals surface area (Å²) in [6.07, 6.45) is 0. The molecule has 1 aliphatic rings. The number of nitrogens with zero attached hydrogens (tertiary/aromatic N) is 1. The van der Waals surface area contributed by atoms with E-state index in [4.69, 9.17) is 4.74 Å². The fourth-order valence-corrected chi connectivity index (χ4v) is 4.32. The van der Waals surface area contributed by atoms with Gasteiger partial charge in [-0.2, -0.15) is 0 Å². The standard InChI is InChI=1S/C27H23F2NO4/c1-14-6-5-7-17(10-14)24-23(25(31)19-11-16(3)22(34-4)12-15(19)2)26(32)27(33)30(24)21-13-18(28)8-9-20(21)29/h5-13,24,31H,1-4H3/b25-23+. The molecule has 1 amide bonds. The number of ether oxygens (including phenoxy) is 1. The molecule has 1 atom stereocenters. The van der Waals surface area contributed by atoms with Gasteiger partial charge in [0, 0.05) is 11.6 Å². The molecule has 0 spiro atoms. The quantitative estimate of drug-likeness (QED) is 0.314. The third-order valence-electron chi connectivity index (χ3n) is 5.97. The number of ketones is 1. The third kappa shape index (κ3) is 3.83. The van der Waals surface area contributed by atoms with Crippen molar-refractivity contribution < 1.29 is 28.2 Å². The molecule has 0 saturated carbocycles. The lowest BCUT2D eigenvalue weighted by molar-refractivity contribution is -0.132. The molecule has 1 saturated heterocycles. The van der Waals surface area contributed by atoms with Gasteiger partial charge in [0.25, 0.3) is 11.7 Å². The number of halogens is 2. The van der Waals surface area contributed by atoms with Crippen LogP contribution in [0.25, 0.3) is 5.76 Å². The number of amides is 1. The van der Waals surface area contributed by atoms with Crippen molar-refractivity contribution in [3.05, 3.63) is 99.6 Å². The van der Waals surface area contributed by atoms with Crippen LogP contribution in [0.15, 0.2) is 60.2 Å². The highest BCUT2D eigenvalue weighted by molar-refractivity contribution is 6.51. The van der Waals surface area contributed by atoms with Crippen LogP contribution < -0.4 is 9.64 Å². The maximum Gasteiger partial charge on any atom is 0.300 e. The summed E-state index contributed by atoms with van der Waals surface area (Å²) >= 11 is 0. The Morgan fingerprint density at radius 1 is 0.971 bits per heavy atom. The lowest BCUT2D eigenvalue weighted by Crippen LogP contribution is -2.30. The second kappa shape index (κ2) is 8.74. The number of hydrogen-bond donors (Lipinski definition) is 1. The van der Waals surface area contributed by atoms with E-state index in [9.17, 15) is 23.5 Å². The third-order valence-corrected chi connectivity index (χ3v) is 5.97. The van der Waals surface area contributed by atoms with Gasteiger partial charge in [0.1, 0.15) is 23.1 Å². The number of methoxy groups -OCH3 is 1. The fraction of sp³-hybridized carbons (Fsp3) is 0.185. The minimum Gasteiger partial charge on any atom is -0.507 e. The number of aliphatic hydroxyl groups excluding tert-OH is 1. The molecule has 0 radical (unpaired) electrons. The molecule has 3 aromatic carbocycles. The van der Waals surface area contributed by atoms with E-state index in [0.29, 0.717) is 28.0 Å². The molecule has 1 N–H and O–H groups in total. The van der Waals surface area contributed by atoms with Gasteiger partial charge in [0.15, 0.2) is 0 Å². The van der Waals surface area contributed by atoms with Crippen LogP contribution in [0.1, 0.15) is 33.9 Å². The predicted molar refractivity (Wildman–Crippen MR) is 125 cm³/mol. The van der Waals surface area contributed by atoms with Gasteiger partial charge in [-0.25, -0.2) is 8.78 Å². The summed E-state index contributed by atoms with van der Waals surface area (Å²) in [4.78, 5) is 27.3. The summed E-state index contributed by atoms with van der Waals surface area (Å²) < 4.78 is 34.1. The van der Waals surface area contributed by atoms with E-state index in [0.717, 1.165) is 28.7 Å². The van der Waals surface area contributed by atoms with Gasteiger partial charge in [-0.1, -0.05) is 29.8 Å². The van der Waals surface area contributed by atoms with Crippen molar-refractivity contribution in [3.63, 3.8) is 0 Å². The van der Waals surface area contributed by atoms with Crippen molar-refractivity contribution in [2.45, 2.75) is 26.8 Å². The molecule has 4 rings (SSSR count). The molecule has 1 aliphatic heterocycles. The highest BCUT2D eigenvalue weighted by Crippen LogP contribution is 2.44. The van der Waals surface area contributed by atoms with Crippen LogP contribution in [0.3, 0.4) is 0 Å². The van der Waals surface area contributed by atoms with Crippen molar-refractivity contribution in [2.24, 2.45) is 0 Å². The fourth-order valence-electron chi connectivity index (χ4n) is 4.32. The van der Waals surface area contributed by atoms with E-state index < -0.39 is 35.1 Å². The minimum atomic E-state index is -1.15. The maximum atomic E-state index is 14.8. The Hall–Kier alpha value is -4.00. The van der Waals surface area contributed by atoms with Gasteiger partial charge in [-0.05, 0) is 61.7 Å². The van der Waals surface area contributed by atoms with E-state index in [1.165, 1.54) is 7.11 Å². The van der Waals surface area contributed by atoms with Crippen molar-refractivity contribution in [1.82, 2.24) is 0 Å². The Balaban J connectivity index is 2.01. The van der Waals surface area contributed by atoms with Crippen molar-refractivity contribution in [3.8, 4) is 5.75 Å². The molecular formula is C27H23F2NO4. The topological polar surface area (TPSA) is 66.8 Å². The molecule has 0 aliphatic carbocycles. The summed E-state index contributed by atoms with van der Waals surface area (Å²) in [5.74, 6) is -3.46. The van der Waals surface area contributed by atoms with E-state index in [1.807, 2.05) is 13.0 Å². The number of carbonyl (C=O) groups excluding carboxylic acids is 2. The van der Waals surface area contributed by atoms with Crippen LogP contribution in [-0.4, -0.2) is 23.9 Å². The summed E-state index contributed by atoms with van der Waals surface area (Å²) in [5.41, 5.74) is 2.40. The SMILES string of the molecule is COc1cc(C)c(/C(O)=C2\C(=O)C(=O)N(c3cc(F)ccc3F)C2c2cccc(C)c2)cc1C. The first-order valence-corrected chi connectivity index (χ1v) is 10.6. The van der Waals surface area contributed by atoms with Gasteiger partial charge >= 0.3 is 0 Å². The van der Waals surface area contributed by atoms with Gasteiger partial charge in [-0.3, -0.25) is 14.5 Å². The first-order chi connectivity index (χ1) is 16.1. The van der Waals surface area contributed by atoms with E-state index in [1.54, 1.807) is 44.2 Å². The number of aliphatic hydroxyl groups is 1. The minimum absolute atomic E-state index is 0.202. The normalized spacial score (nSPS) is 17.4. The van der Waals surface area contributed by atoms with Gasteiger partial charge in [-0.15, -0.1) is 0 Å². The molecule has 174 valence electrons. The monoisotopic (exact) mass is 463 g/mol. The van der Waals surface area contributed by atoms with Crippen LogP contribution in [0.4, 0.5) is 14.5 Å². The molecule has 7 heteroatoms. The molecule has 34 heavy (non-hydrogen) atoms. The first-order valence-electron chi connectivity index (χ1n) is 10.6. The summed E-state index contributed by atoms with van der Waals surface area (Å²) in [6.45, 7) is 5.35. The zero-order chi connectivity index (χ0) is 24.7.